The van der Waals surface area contributed by atoms with E-state index >= 15 is 0 Å². The van der Waals surface area contributed by atoms with E-state index in [1.165, 1.54) is 4.68 Å². The molecule has 0 aliphatic heterocycles. The lowest BCUT2D eigenvalue weighted by Crippen LogP contribution is -2.09. The molecule has 2 aromatic carbocycles. The van der Waals surface area contributed by atoms with Gasteiger partial charge >= 0.3 is 0 Å². The van der Waals surface area contributed by atoms with Gasteiger partial charge in [-0.1, -0.05) is 18.2 Å². The van der Waals surface area contributed by atoms with Gasteiger partial charge in [0.1, 0.15) is 5.75 Å². The lowest BCUT2D eigenvalue weighted by atomic mass is 10.0. The van der Waals surface area contributed by atoms with Gasteiger partial charge in [-0.15, -0.1) is 0 Å². The van der Waals surface area contributed by atoms with Crippen molar-refractivity contribution >= 4 is 5.78 Å². The summed E-state index contributed by atoms with van der Waals surface area (Å²) in [4.78, 5) is 12.6. The summed E-state index contributed by atoms with van der Waals surface area (Å²) in [7, 11) is 1.56. The Morgan fingerprint density at radius 3 is 2.35 bits per heavy atom. The number of ketones is 1. The maximum Gasteiger partial charge on any atom is 0.195 e. The molecule has 1 aromatic heterocycles. The minimum atomic E-state index is -0.408. The van der Waals surface area contributed by atoms with Crippen LogP contribution in [0.3, 0.4) is 0 Å². The summed E-state index contributed by atoms with van der Waals surface area (Å²) in [6.07, 6.45) is 0. The van der Waals surface area contributed by atoms with Crippen molar-refractivity contribution in [3.05, 3.63) is 71.4 Å². The Kier molecular flexibility index (Phi) is 3.85. The molecule has 0 bridgehead atoms. The van der Waals surface area contributed by atoms with Crippen LogP contribution in [-0.2, 0) is 0 Å². The molecule has 23 heavy (non-hydrogen) atoms. The molecule has 3 aromatic rings. The summed E-state index contributed by atoms with van der Waals surface area (Å²) in [5.74, 6) is -0.0903. The van der Waals surface area contributed by atoms with Crippen molar-refractivity contribution in [2.45, 2.75) is 6.92 Å². The molecule has 0 aliphatic carbocycles. The van der Waals surface area contributed by atoms with Crippen molar-refractivity contribution in [2.24, 2.45) is 0 Å². The molecule has 0 atom stereocenters. The van der Waals surface area contributed by atoms with E-state index in [1.54, 1.807) is 50.4 Å². The molecular weight excluding hydrogens is 292 g/mol. The van der Waals surface area contributed by atoms with Crippen LogP contribution in [0.5, 0.6) is 11.6 Å². The highest BCUT2D eigenvalue weighted by Gasteiger charge is 2.18. The molecule has 116 valence electrons. The second-order valence-corrected chi connectivity index (χ2v) is 5.07. The average molecular weight is 307 g/mol. The molecule has 0 unspecified atom stereocenters. The first-order valence-electron chi connectivity index (χ1n) is 7.12. The van der Waals surface area contributed by atoms with Crippen LogP contribution in [0.2, 0.25) is 0 Å². The highest BCUT2D eigenvalue weighted by molar-refractivity contribution is 6.11. The molecule has 1 heterocycles. The minimum absolute atomic E-state index is 0.0963. The average Bonchev–Trinajstić information content (AvgIpc) is 2.89. The predicted molar refractivity (Wildman–Crippen MR) is 84.2 cm³/mol. The number of ether oxygens (including phenoxy) is 1. The summed E-state index contributed by atoms with van der Waals surface area (Å²) in [6, 6.07) is 15.7. The van der Waals surface area contributed by atoms with Gasteiger partial charge in [0.05, 0.1) is 24.1 Å². The molecule has 0 radical (unpaired) electrons. The Labute approximate surface area is 133 Å². The number of hydrogen-bond donors (Lipinski definition) is 0. The topological polar surface area (TPSA) is 67.2 Å². The molecule has 3 rings (SSSR count). The predicted octanol–water partition coefficient (Wildman–Crippen LogP) is 2.49. The van der Waals surface area contributed by atoms with Gasteiger partial charge < -0.3 is 9.84 Å². The lowest BCUT2D eigenvalue weighted by molar-refractivity contribution is -0.278. The monoisotopic (exact) mass is 307 g/mol. The Bertz CT molecular complexity index is 837. The number of methoxy groups -OCH3 is 1. The zero-order chi connectivity index (χ0) is 16.4. The number of rotatable bonds is 4. The smallest absolute Gasteiger partial charge is 0.195 e. The van der Waals surface area contributed by atoms with Crippen LogP contribution in [0.25, 0.3) is 5.69 Å². The maximum atomic E-state index is 12.6. The van der Waals surface area contributed by atoms with Crippen LogP contribution >= 0.6 is 0 Å². The summed E-state index contributed by atoms with van der Waals surface area (Å²) in [6.45, 7) is 1.66. The lowest BCUT2D eigenvalue weighted by Gasteiger charge is -2.12. The summed E-state index contributed by atoms with van der Waals surface area (Å²) >= 11 is 0. The molecular formula is C18H15N2O3-. The second kappa shape index (κ2) is 5.96. The highest BCUT2D eigenvalue weighted by atomic mass is 16.5. The summed E-state index contributed by atoms with van der Waals surface area (Å²) in [5.41, 5.74) is 1.58. The third-order valence-electron chi connectivity index (χ3n) is 3.60. The molecule has 0 fully saturated rings. The quantitative estimate of drug-likeness (QED) is 0.695. The van der Waals surface area contributed by atoms with E-state index in [0.29, 0.717) is 22.7 Å². The number of carbonyl (C=O) groups excluding carboxylic acids is 1. The number of aromatic nitrogens is 2. The standard InChI is InChI=1S/C18H16N2O3/c1-12-16(17(21)13-8-10-15(23-2)11-9-13)18(22)20(19-12)14-6-4-3-5-7-14/h3-11,22H,1-2H3/p-1. The van der Waals surface area contributed by atoms with Crippen molar-refractivity contribution in [2.75, 3.05) is 7.11 Å². The fraction of sp³-hybridized carbons (Fsp3) is 0.111. The van der Waals surface area contributed by atoms with Gasteiger partial charge in [0.15, 0.2) is 5.78 Å². The number of nitrogens with zero attached hydrogens (tertiary/aromatic N) is 2. The zero-order valence-corrected chi connectivity index (χ0v) is 12.8. The summed E-state index contributed by atoms with van der Waals surface area (Å²) in [5, 5.41) is 16.8. The van der Waals surface area contributed by atoms with Gasteiger partial charge in [0, 0.05) is 11.4 Å². The number of benzene rings is 2. The van der Waals surface area contributed by atoms with Crippen LogP contribution < -0.4 is 9.84 Å². The van der Waals surface area contributed by atoms with Crippen molar-refractivity contribution < 1.29 is 14.6 Å². The maximum absolute atomic E-state index is 12.6. The highest BCUT2D eigenvalue weighted by Crippen LogP contribution is 2.25. The van der Waals surface area contributed by atoms with Crippen LogP contribution in [0.15, 0.2) is 54.6 Å². The van der Waals surface area contributed by atoms with Gasteiger partial charge in [0.2, 0.25) is 0 Å². The van der Waals surface area contributed by atoms with Crippen molar-refractivity contribution in [3.8, 4) is 17.3 Å². The molecule has 0 spiro atoms. The Morgan fingerprint density at radius 2 is 1.74 bits per heavy atom. The molecule has 0 aliphatic rings. The Morgan fingerprint density at radius 1 is 1.09 bits per heavy atom. The fourth-order valence-corrected chi connectivity index (χ4v) is 2.40. The van der Waals surface area contributed by atoms with Crippen LogP contribution in [0.4, 0.5) is 0 Å². The second-order valence-electron chi connectivity index (χ2n) is 5.07. The number of aryl methyl sites for hydroxylation is 1. The number of carbonyl (C=O) groups is 1. The molecule has 0 saturated carbocycles. The van der Waals surface area contributed by atoms with Crippen LogP contribution in [0, 0.1) is 6.92 Å². The van der Waals surface area contributed by atoms with Crippen molar-refractivity contribution in [1.82, 2.24) is 9.78 Å². The molecule has 5 heteroatoms. The van der Waals surface area contributed by atoms with Crippen LogP contribution in [-0.4, -0.2) is 22.7 Å². The molecule has 5 nitrogen and oxygen atoms in total. The first-order valence-corrected chi connectivity index (χ1v) is 7.12. The van der Waals surface area contributed by atoms with Gasteiger partial charge in [-0.2, -0.15) is 5.10 Å². The van der Waals surface area contributed by atoms with Crippen molar-refractivity contribution in [3.63, 3.8) is 0 Å². The molecule has 0 amide bonds. The fourth-order valence-electron chi connectivity index (χ4n) is 2.40. The Hall–Kier alpha value is -3.08. The number of para-hydroxylation sites is 1. The van der Waals surface area contributed by atoms with Gasteiger partial charge in [-0.25, -0.2) is 4.68 Å². The molecule has 0 N–H and O–H groups in total. The van der Waals surface area contributed by atoms with Gasteiger partial charge in [-0.3, -0.25) is 4.79 Å². The van der Waals surface area contributed by atoms with Gasteiger partial charge in [0.25, 0.3) is 0 Å². The Balaban J connectivity index is 2.02. The van der Waals surface area contributed by atoms with E-state index < -0.39 is 5.88 Å². The van der Waals surface area contributed by atoms with Crippen LogP contribution in [0.1, 0.15) is 21.6 Å². The van der Waals surface area contributed by atoms with E-state index in [4.69, 9.17) is 4.74 Å². The van der Waals surface area contributed by atoms with E-state index in [1.807, 2.05) is 18.2 Å². The van der Waals surface area contributed by atoms with Crippen molar-refractivity contribution in [1.29, 1.82) is 0 Å². The summed E-state index contributed by atoms with van der Waals surface area (Å²) < 4.78 is 6.33. The van der Waals surface area contributed by atoms with Gasteiger partial charge in [-0.05, 0) is 43.3 Å². The number of hydrogen-bond acceptors (Lipinski definition) is 4. The normalized spacial score (nSPS) is 10.5. The van der Waals surface area contributed by atoms with E-state index in [-0.39, 0.29) is 11.3 Å². The third-order valence-corrected chi connectivity index (χ3v) is 3.60. The minimum Gasteiger partial charge on any atom is -0.858 e. The first-order chi connectivity index (χ1) is 11.1. The van der Waals surface area contributed by atoms with E-state index in [9.17, 15) is 9.90 Å². The van der Waals surface area contributed by atoms with E-state index in [2.05, 4.69) is 5.10 Å². The molecule has 0 saturated heterocycles. The largest absolute Gasteiger partial charge is 0.858 e. The zero-order valence-electron chi connectivity index (χ0n) is 12.8. The van der Waals surface area contributed by atoms with E-state index in [0.717, 1.165) is 0 Å². The first kappa shape index (κ1) is 14.8. The SMILES string of the molecule is COc1ccc(C(=O)c2c(C)nn(-c3ccccc3)c2[O-])cc1. The third kappa shape index (κ3) is 2.68.